The van der Waals surface area contributed by atoms with Crippen molar-refractivity contribution in [1.29, 1.82) is 0 Å². The van der Waals surface area contributed by atoms with Crippen LogP contribution < -0.4 is 11.1 Å². The number of benzene rings is 1. The molecule has 1 amide bonds. The van der Waals surface area contributed by atoms with E-state index in [1.807, 2.05) is 25.4 Å². The second-order valence-corrected chi connectivity index (χ2v) is 4.99. The highest BCUT2D eigenvalue weighted by Gasteiger charge is 2.05. The number of carbonyl (C=O) groups is 1. The number of rotatable bonds is 6. The highest BCUT2D eigenvalue weighted by molar-refractivity contribution is 6.31. The van der Waals surface area contributed by atoms with E-state index in [1.54, 1.807) is 16.8 Å². The van der Waals surface area contributed by atoms with E-state index in [-0.39, 0.29) is 0 Å². The van der Waals surface area contributed by atoms with Gasteiger partial charge in [0.05, 0.1) is 5.69 Å². The molecule has 0 spiro atoms. The number of nitrogens with zero attached hydrogens (tertiary/aromatic N) is 2. The van der Waals surface area contributed by atoms with Gasteiger partial charge in [0, 0.05) is 43.3 Å². The summed E-state index contributed by atoms with van der Waals surface area (Å²) in [5.74, 6) is -0.471. The van der Waals surface area contributed by atoms with Crippen molar-refractivity contribution >= 4 is 17.5 Å². The Kier molecular flexibility index (Phi) is 4.76. The van der Waals surface area contributed by atoms with E-state index in [0.29, 0.717) is 17.1 Å². The number of primary amides is 1. The second-order valence-electron chi connectivity index (χ2n) is 4.58. The molecule has 106 valence electrons. The maximum Gasteiger partial charge on any atom is 0.248 e. The van der Waals surface area contributed by atoms with E-state index in [0.717, 1.165) is 24.2 Å². The highest BCUT2D eigenvalue weighted by Crippen LogP contribution is 2.17. The first kappa shape index (κ1) is 14.6. The van der Waals surface area contributed by atoms with Crippen molar-refractivity contribution in [1.82, 2.24) is 15.1 Å². The van der Waals surface area contributed by atoms with Gasteiger partial charge in [-0.3, -0.25) is 9.48 Å². The maximum absolute atomic E-state index is 11.0. The Morgan fingerprint density at radius 1 is 1.45 bits per heavy atom. The fourth-order valence-electron chi connectivity index (χ4n) is 1.88. The van der Waals surface area contributed by atoms with Crippen molar-refractivity contribution in [2.45, 2.75) is 13.0 Å². The molecule has 2 rings (SSSR count). The summed E-state index contributed by atoms with van der Waals surface area (Å²) in [6.07, 6.45) is 2.78. The van der Waals surface area contributed by atoms with Gasteiger partial charge in [0.25, 0.3) is 0 Å². The van der Waals surface area contributed by atoms with Crippen LogP contribution in [0.2, 0.25) is 5.02 Å². The lowest BCUT2D eigenvalue weighted by molar-refractivity contribution is 0.100. The Labute approximate surface area is 122 Å². The minimum atomic E-state index is -0.471. The summed E-state index contributed by atoms with van der Waals surface area (Å²) in [5, 5.41) is 8.15. The zero-order valence-electron chi connectivity index (χ0n) is 11.3. The smallest absolute Gasteiger partial charge is 0.248 e. The molecule has 0 saturated heterocycles. The molecule has 1 heterocycles. The zero-order chi connectivity index (χ0) is 14.5. The Morgan fingerprint density at radius 3 is 2.85 bits per heavy atom. The number of aryl methyl sites for hydroxylation is 1. The molecule has 0 saturated carbocycles. The number of halogens is 1. The predicted molar refractivity (Wildman–Crippen MR) is 78.6 cm³/mol. The topological polar surface area (TPSA) is 72.9 Å². The number of carbonyl (C=O) groups excluding carboxylic acids is 1. The first-order chi connectivity index (χ1) is 9.56. The molecule has 0 aliphatic heterocycles. The van der Waals surface area contributed by atoms with Gasteiger partial charge in [-0.15, -0.1) is 0 Å². The second kappa shape index (κ2) is 6.54. The molecule has 20 heavy (non-hydrogen) atoms. The summed E-state index contributed by atoms with van der Waals surface area (Å²) < 4.78 is 1.79. The largest absolute Gasteiger partial charge is 0.366 e. The molecule has 0 radical (unpaired) electrons. The summed E-state index contributed by atoms with van der Waals surface area (Å²) in [6, 6.07) is 7.09. The Balaban J connectivity index is 1.83. The van der Waals surface area contributed by atoms with Crippen LogP contribution in [0, 0.1) is 0 Å². The van der Waals surface area contributed by atoms with E-state index >= 15 is 0 Å². The Bertz CT molecular complexity index is 609. The van der Waals surface area contributed by atoms with Crippen molar-refractivity contribution in [3.63, 3.8) is 0 Å². The number of hydrogen-bond acceptors (Lipinski definition) is 3. The number of hydrogen-bond donors (Lipinski definition) is 2. The lowest BCUT2D eigenvalue weighted by Gasteiger charge is -2.07. The summed E-state index contributed by atoms with van der Waals surface area (Å²) in [7, 11) is 1.90. The van der Waals surface area contributed by atoms with Gasteiger partial charge >= 0.3 is 0 Å². The summed E-state index contributed by atoms with van der Waals surface area (Å²) >= 11 is 6.11. The van der Waals surface area contributed by atoms with Crippen molar-refractivity contribution in [3.05, 3.63) is 52.3 Å². The summed E-state index contributed by atoms with van der Waals surface area (Å²) in [4.78, 5) is 11.0. The first-order valence-corrected chi connectivity index (χ1v) is 6.71. The van der Waals surface area contributed by atoms with Gasteiger partial charge in [-0.2, -0.15) is 5.10 Å². The highest BCUT2D eigenvalue weighted by atomic mass is 35.5. The van der Waals surface area contributed by atoms with E-state index in [4.69, 9.17) is 17.3 Å². The van der Waals surface area contributed by atoms with Crippen LogP contribution in [0.4, 0.5) is 0 Å². The third kappa shape index (κ3) is 3.82. The van der Waals surface area contributed by atoms with Crippen LogP contribution in [-0.4, -0.2) is 22.2 Å². The van der Waals surface area contributed by atoms with Gasteiger partial charge in [0.1, 0.15) is 0 Å². The van der Waals surface area contributed by atoms with Crippen LogP contribution in [-0.2, 0) is 20.0 Å². The van der Waals surface area contributed by atoms with Gasteiger partial charge in [-0.1, -0.05) is 17.7 Å². The molecule has 0 aliphatic rings. The maximum atomic E-state index is 11.0. The molecule has 3 N–H and O–H groups in total. The van der Waals surface area contributed by atoms with E-state index < -0.39 is 5.91 Å². The average molecular weight is 293 g/mol. The average Bonchev–Trinajstić information content (AvgIpc) is 2.81. The summed E-state index contributed by atoms with van der Waals surface area (Å²) in [5.41, 5.74) is 7.62. The fourth-order valence-corrected chi connectivity index (χ4v) is 2.13. The van der Waals surface area contributed by atoms with E-state index in [1.165, 1.54) is 0 Å². The van der Waals surface area contributed by atoms with Crippen LogP contribution >= 0.6 is 11.6 Å². The normalized spacial score (nSPS) is 10.7. The monoisotopic (exact) mass is 292 g/mol. The SMILES string of the molecule is Cn1ccc(CCNCc2ccc(C(N)=O)cc2Cl)n1. The molecule has 6 heteroatoms. The molecule has 0 fully saturated rings. The minimum Gasteiger partial charge on any atom is -0.366 e. The van der Waals surface area contributed by atoms with Crippen LogP contribution in [0.5, 0.6) is 0 Å². The molecule has 1 aromatic heterocycles. The van der Waals surface area contributed by atoms with Gasteiger partial charge in [0.2, 0.25) is 5.91 Å². The number of aromatic nitrogens is 2. The molecule has 5 nitrogen and oxygen atoms in total. The molecular weight excluding hydrogens is 276 g/mol. The fraction of sp³-hybridized carbons (Fsp3) is 0.286. The molecular formula is C14H17ClN4O. The molecule has 0 bridgehead atoms. The zero-order valence-corrected chi connectivity index (χ0v) is 12.0. The van der Waals surface area contributed by atoms with Gasteiger partial charge in [-0.25, -0.2) is 0 Å². The van der Waals surface area contributed by atoms with Gasteiger partial charge < -0.3 is 11.1 Å². The third-order valence-corrected chi connectivity index (χ3v) is 3.33. The van der Waals surface area contributed by atoms with Crippen molar-refractivity contribution < 1.29 is 4.79 Å². The van der Waals surface area contributed by atoms with Crippen LogP contribution in [0.1, 0.15) is 21.6 Å². The van der Waals surface area contributed by atoms with Crippen molar-refractivity contribution in [3.8, 4) is 0 Å². The van der Waals surface area contributed by atoms with Gasteiger partial charge in [0.15, 0.2) is 0 Å². The Morgan fingerprint density at radius 2 is 2.25 bits per heavy atom. The molecule has 1 aromatic carbocycles. The predicted octanol–water partition coefficient (Wildman–Crippen LogP) is 1.50. The third-order valence-electron chi connectivity index (χ3n) is 2.98. The van der Waals surface area contributed by atoms with Crippen LogP contribution in [0.15, 0.2) is 30.5 Å². The van der Waals surface area contributed by atoms with Crippen LogP contribution in [0.25, 0.3) is 0 Å². The molecule has 2 aromatic rings. The van der Waals surface area contributed by atoms with Crippen molar-refractivity contribution in [2.24, 2.45) is 12.8 Å². The van der Waals surface area contributed by atoms with Crippen molar-refractivity contribution in [2.75, 3.05) is 6.54 Å². The van der Waals surface area contributed by atoms with Gasteiger partial charge in [-0.05, 0) is 23.8 Å². The first-order valence-electron chi connectivity index (χ1n) is 6.34. The van der Waals surface area contributed by atoms with E-state index in [9.17, 15) is 4.79 Å². The summed E-state index contributed by atoms with van der Waals surface area (Å²) in [6.45, 7) is 1.45. The lowest BCUT2D eigenvalue weighted by atomic mass is 10.1. The standard InChI is InChI=1S/C14H17ClN4O/c1-19-7-5-12(18-19)4-6-17-9-11-3-2-10(14(16)20)8-13(11)15/h2-3,5,7-8,17H,4,6,9H2,1H3,(H2,16,20). The number of nitrogens with one attached hydrogen (secondary N) is 1. The number of nitrogens with two attached hydrogens (primary N) is 1. The van der Waals surface area contributed by atoms with Crippen LogP contribution in [0.3, 0.4) is 0 Å². The van der Waals surface area contributed by atoms with E-state index in [2.05, 4.69) is 10.4 Å². The lowest BCUT2D eigenvalue weighted by Crippen LogP contribution is -2.17. The minimum absolute atomic E-state index is 0.423. The molecule has 0 aliphatic carbocycles. The molecule has 0 unspecified atom stereocenters. The number of amides is 1. The quantitative estimate of drug-likeness (QED) is 0.793. The Hall–Kier alpha value is -1.85. The molecule has 0 atom stereocenters.